The lowest BCUT2D eigenvalue weighted by Gasteiger charge is -2.38. The van der Waals surface area contributed by atoms with Crippen molar-refractivity contribution in [3.8, 4) is 0 Å². The van der Waals surface area contributed by atoms with Crippen molar-refractivity contribution in [3.05, 3.63) is 22.9 Å². The lowest BCUT2D eigenvalue weighted by Crippen LogP contribution is -2.44. The Morgan fingerprint density at radius 3 is 3.12 bits per heavy atom. The third kappa shape index (κ3) is 1.35. The first-order valence-corrected chi connectivity index (χ1v) is 6.31. The molecule has 90 valence electrons. The maximum atomic E-state index is 12.1. The van der Waals surface area contributed by atoms with Gasteiger partial charge in [-0.1, -0.05) is 17.7 Å². The summed E-state index contributed by atoms with van der Waals surface area (Å²) < 4.78 is 0. The van der Waals surface area contributed by atoms with E-state index in [9.17, 15) is 4.79 Å². The van der Waals surface area contributed by atoms with Crippen molar-refractivity contribution in [1.82, 2.24) is 4.90 Å². The van der Waals surface area contributed by atoms with Crippen molar-refractivity contribution in [1.29, 1.82) is 0 Å². The number of halogens is 1. The van der Waals surface area contributed by atoms with E-state index < -0.39 is 0 Å². The minimum absolute atomic E-state index is 0.174. The molecule has 0 aromatic carbocycles. The third-order valence-electron chi connectivity index (χ3n) is 4.17. The number of hydrogen-bond donors (Lipinski definition) is 0. The summed E-state index contributed by atoms with van der Waals surface area (Å²) in [7, 11) is 2.05. The number of likely N-dealkylation sites (tertiary alicyclic amines) is 1. The number of likely N-dealkylation sites (N-methyl/N-ethyl adjacent to an activating group) is 1. The Bertz CT molecular complexity index is 480. The maximum Gasteiger partial charge on any atom is 0.147 e. The molecule has 3 rings (SSSR count). The number of allylic oxidation sites excluding steroid dienone is 2. The van der Waals surface area contributed by atoms with E-state index in [0.717, 1.165) is 12.1 Å². The molecule has 0 bridgehead atoms. The number of hydrogen-bond acceptors (Lipinski definition) is 3. The molecule has 0 amide bonds. The van der Waals surface area contributed by atoms with E-state index in [0.29, 0.717) is 17.5 Å². The summed E-state index contributed by atoms with van der Waals surface area (Å²) in [6.07, 6.45) is 6.92. The summed E-state index contributed by atoms with van der Waals surface area (Å²) >= 11 is 6.13. The normalized spacial score (nSPS) is 39.7. The molecule has 3 aliphatic rings. The van der Waals surface area contributed by atoms with Gasteiger partial charge in [0.15, 0.2) is 0 Å². The van der Waals surface area contributed by atoms with Gasteiger partial charge in [0.1, 0.15) is 11.3 Å². The van der Waals surface area contributed by atoms with Gasteiger partial charge in [-0.05, 0) is 19.4 Å². The molecule has 0 aromatic rings. The van der Waals surface area contributed by atoms with Gasteiger partial charge in [-0.2, -0.15) is 0 Å². The first-order chi connectivity index (χ1) is 8.04. The van der Waals surface area contributed by atoms with Crippen LogP contribution in [0, 0.1) is 5.92 Å². The zero-order valence-corrected chi connectivity index (χ0v) is 10.7. The average molecular weight is 251 g/mol. The van der Waals surface area contributed by atoms with Crippen LogP contribution in [0.15, 0.2) is 27.9 Å². The number of nitrogens with zero attached hydrogens (tertiary/aromatic N) is 2. The van der Waals surface area contributed by atoms with Crippen molar-refractivity contribution < 1.29 is 4.79 Å². The smallest absolute Gasteiger partial charge is 0.147 e. The van der Waals surface area contributed by atoms with E-state index in [4.69, 9.17) is 11.6 Å². The number of carbonyl (C=O) groups is 1. The molecule has 0 N–H and O–H groups in total. The highest BCUT2D eigenvalue weighted by molar-refractivity contribution is 6.31. The Hall–Kier alpha value is -1.09. The van der Waals surface area contributed by atoms with Crippen molar-refractivity contribution in [3.63, 3.8) is 0 Å². The molecule has 2 heterocycles. The van der Waals surface area contributed by atoms with Gasteiger partial charge in [0.2, 0.25) is 0 Å². The van der Waals surface area contributed by atoms with Crippen LogP contribution in [0.1, 0.15) is 19.8 Å². The van der Waals surface area contributed by atoms with Gasteiger partial charge in [0.25, 0.3) is 0 Å². The predicted molar refractivity (Wildman–Crippen MR) is 68.2 cm³/mol. The number of rotatable bonds is 0. The Balaban J connectivity index is 2.18. The minimum atomic E-state index is -0.373. The molecule has 2 aliphatic heterocycles. The molecule has 17 heavy (non-hydrogen) atoms. The Morgan fingerprint density at radius 2 is 2.35 bits per heavy atom. The van der Waals surface area contributed by atoms with Gasteiger partial charge >= 0.3 is 0 Å². The molecule has 1 saturated heterocycles. The second-order valence-corrected chi connectivity index (χ2v) is 5.57. The van der Waals surface area contributed by atoms with Gasteiger partial charge in [-0.25, -0.2) is 0 Å². The number of Topliss-reactive ketones (excluding diaryl/α,β-unsaturated/α-hetero) is 1. The molecule has 4 heteroatoms. The highest BCUT2D eigenvalue weighted by atomic mass is 35.5. The first kappa shape index (κ1) is 11.0. The average Bonchev–Trinajstić information content (AvgIpc) is 2.51. The van der Waals surface area contributed by atoms with Gasteiger partial charge in [-0.3, -0.25) is 9.79 Å². The molecule has 3 atom stereocenters. The van der Waals surface area contributed by atoms with Crippen LogP contribution in [0.4, 0.5) is 0 Å². The number of carbonyl (C=O) groups excluding carboxylic acids is 1. The highest BCUT2D eigenvalue weighted by Crippen LogP contribution is 2.49. The zero-order chi connectivity index (χ0) is 12.2. The molecule has 3 nitrogen and oxygen atoms in total. The Morgan fingerprint density at radius 1 is 1.59 bits per heavy atom. The molecule has 1 fully saturated rings. The van der Waals surface area contributed by atoms with E-state index in [2.05, 4.69) is 16.8 Å². The summed E-state index contributed by atoms with van der Waals surface area (Å²) in [6.45, 7) is 2.16. The fourth-order valence-corrected chi connectivity index (χ4v) is 3.44. The van der Waals surface area contributed by atoms with Crippen LogP contribution in [-0.2, 0) is 4.79 Å². The quantitative estimate of drug-likeness (QED) is 0.660. The van der Waals surface area contributed by atoms with Crippen LogP contribution in [0.3, 0.4) is 0 Å². The second kappa shape index (κ2) is 3.45. The van der Waals surface area contributed by atoms with Crippen molar-refractivity contribution in [2.45, 2.75) is 31.3 Å². The SMILES string of the molecule is CC1CC23N=CCC(=O)C2C=C(Cl)C=C3N1C. The van der Waals surface area contributed by atoms with E-state index in [1.54, 1.807) is 6.21 Å². The summed E-state index contributed by atoms with van der Waals surface area (Å²) in [5.74, 6) is 0.0543. The fourth-order valence-electron chi connectivity index (χ4n) is 3.21. The lowest BCUT2D eigenvalue weighted by atomic mass is 9.73. The van der Waals surface area contributed by atoms with Crippen molar-refractivity contribution in [2.75, 3.05) is 7.05 Å². The zero-order valence-electron chi connectivity index (χ0n) is 9.98. The monoisotopic (exact) mass is 250 g/mol. The van der Waals surface area contributed by atoms with E-state index in [1.165, 1.54) is 0 Å². The van der Waals surface area contributed by atoms with Crippen molar-refractivity contribution >= 4 is 23.6 Å². The van der Waals surface area contributed by atoms with Crippen LogP contribution in [0.2, 0.25) is 0 Å². The standard InChI is InChI=1S/C13H15ClN2O/c1-8-7-13-10(11(17)3-4-15-13)5-9(14)6-12(13)16(8)2/h4-6,8,10H,3,7H2,1-2H3. The maximum absolute atomic E-state index is 12.1. The highest BCUT2D eigenvalue weighted by Gasteiger charge is 2.54. The molecule has 1 aliphatic carbocycles. The molecule has 0 radical (unpaired) electrons. The second-order valence-electron chi connectivity index (χ2n) is 5.13. The largest absolute Gasteiger partial charge is 0.373 e. The van der Waals surface area contributed by atoms with E-state index >= 15 is 0 Å². The summed E-state index contributed by atoms with van der Waals surface area (Å²) in [4.78, 5) is 18.9. The minimum Gasteiger partial charge on any atom is -0.373 e. The third-order valence-corrected chi connectivity index (χ3v) is 4.40. The van der Waals surface area contributed by atoms with Crippen LogP contribution < -0.4 is 0 Å². The summed E-state index contributed by atoms with van der Waals surface area (Å²) in [5, 5.41) is 0.659. The molecule has 0 saturated carbocycles. The van der Waals surface area contributed by atoms with Gasteiger partial charge in [0, 0.05) is 36.5 Å². The predicted octanol–water partition coefficient (Wildman–Crippen LogP) is 2.13. The fraction of sp³-hybridized carbons (Fsp3) is 0.538. The molecule has 1 spiro atoms. The van der Waals surface area contributed by atoms with E-state index in [-0.39, 0.29) is 17.2 Å². The van der Waals surface area contributed by atoms with Crippen LogP contribution in [0.25, 0.3) is 0 Å². The van der Waals surface area contributed by atoms with Gasteiger partial charge in [-0.15, -0.1) is 0 Å². The van der Waals surface area contributed by atoms with Crippen molar-refractivity contribution in [2.24, 2.45) is 10.9 Å². The Kier molecular flexibility index (Phi) is 2.24. The van der Waals surface area contributed by atoms with E-state index in [1.807, 2.05) is 19.2 Å². The summed E-state index contributed by atoms with van der Waals surface area (Å²) in [6, 6.07) is 0.391. The summed E-state index contributed by atoms with van der Waals surface area (Å²) in [5.41, 5.74) is 0.717. The Labute approximate surface area is 106 Å². The number of ketones is 1. The molecular weight excluding hydrogens is 236 g/mol. The van der Waals surface area contributed by atoms with Crippen LogP contribution >= 0.6 is 11.6 Å². The topological polar surface area (TPSA) is 32.7 Å². The van der Waals surface area contributed by atoms with Gasteiger partial charge < -0.3 is 4.90 Å². The van der Waals surface area contributed by atoms with Crippen LogP contribution in [-0.4, -0.2) is 35.5 Å². The first-order valence-electron chi connectivity index (χ1n) is 5.93. The molecular formula is C13H15ClN2O. The van der Waals surface area contributed by atoms with Crippen LogP contribution in [0.5, 0.6) is 0 Å². The molecule has 0 aromatic heterocycles. The molecule has 3 unspecified atom stereocenters. The van der Waals surface area contributed by atoms with Gasteiger partial charge in [0.05, 0.1) is 5.92 Å². The number of aliphatic imine (C=N–C) groups is 1. The lowest BCUT2D eigenvalue weighted by molar-refractivity contribution is -0.122.